The summed E-state index contributed by atoms with van der Waals surface area (Å²) in [5.41, 5.74) is 0. The molecule has 0 radical (unpaired) electrons. The van der Waals surface area contributed by atoms with Crippen molar-refractivity contribution < 1.29 is 14.7 Å². The summed E-state index contributed by atoms with van der Waals surface area (Å²) in [5.74, 6) is 0.269. The van der Waals surface area contributed by atoms with E-state index in [4.69, 9.17) is 0 Å². The Labute approximate surface area is 111 Å². The number of rotatable bonds is 3. The van der Waals surface area contributed by atoms with Gasteiger partial charge in [-0.3, -0.25) is 9.59 Å². The van der Waals surface area contributed by atoms with Gasteiger partial charge < -0.3 is 10.0 Å². The summed E-state index contributed by atoms with van der Waals surface area (Å²) >= 11 is 1.86. The van der Waals surface area contributed by atoms with E-state index >= 15 is 0 Å². The molecule has 1 amide bonds. The van der Waals surface area contributed by atoms with E-state index < -0.39 is 11.9 Å². The van der Waals surface area contributed by atoms with Crippen molar-refractivity contribution in [3.8, 4) is 0 Å². The van der Waals surface area contributed by atoms with E-state index in [9.17, 15) is 14.7 Å². The molecule has 0 aromatic heterocycles. The Bertz CT molecular complexity index is 363. The van der Waals surface area contributed by atoms with Gasteiger partial charge in [-0.25, -0.2) is 0 Å². The van der Waals surface area contributed by atoms with E-state index in [0.29, 0.717) is 12.8 Å². The lowest BCUT2D eigenvalue weighted by Gasteiger charge is -2.31. The minimum absolute atomic E-state index is 0.000694. The van der Waals surface area contributed by atoms with Crippen molar-refractivity contribution in [3.63, 3.8) is 0 Å². The van der Waals surface area contributed by atoms with Crippen molar-refractivity contribution >= 4 is 23.6 Å². The molecule has 2 rings (SSSR count). The van der Waals surface area contributed by atoms with E-state index in [-0.39, 0.29) is 17.9 Å². The fraction of sp³-hybridized carbons (Fsp3) is 0.692. The number of amides is 1. The van der Waals surface area contributed by atoms with Crippen LogP contribution in [0.3, 0.4) is 0 Å². The van der Waals surface area contributed by atoms with Crippen molar-refractivity contribution in [2.75, 3.05) is 18.6 Å². The standard InChI is InChI=1S/C13H19NO3S/c1-14(9-6-7-18-8-9)12(15)10-4-2-3-5-11(10)13(16)17/h2-3,9-11H,4-8H2,1H3,(H,16,17). The van der Waals surface area contributed by atoms with E-state index in [1.165, 1.54) is 0 Å². The third kappa shape index (κ3) is 2.71. The maximum atomic E-state index is 12.4. The molecular weight excluding hydrogens is 250 g/mol. The number of carboxylic acid groups (broad SMARTS) is 1. The van der Waals surface area contributed by atoms with Crippen LogP contribution >= 0.6 is 11.8 Å². The van der Waals surface area contributed by atoms with Gasteiger partial charge in [0.05, 0.1) is 11.8 Å². The summed E-state index contributed by atoms with van der Waals surface area (Å²) in [5, 5.41) is 9.20. The first-order valence-electron chi connectivity index (χ1n) is 6.33. The molecule has 2 aliphatic rings. The zero-order valence-electron chi connectivity index (χ0n) is 10.5. The van der Waals surface area contributed by atoms with Gasteiger partial charge >= 0.3 is 5.97 Å². The highest BCUT2D eigenvalue weighted by Gasteiger charge is 2.37. The second kappa shape index (κ2) is 5.78. The van der Waals surface area contributed by atoms with Crippen LogP contribution in [-0.2, 0) is 9.59 Å². The molecule has 0 saturated carbocycles. The lowest BCUT2D eigenvalue weighted by Crippen LogP contribution is -2.44. The van der Waals surface area contributed by atoms with Gasteiger partial charge in [0.25, 0.3) is 0 Å². The van der Waals surface area contributed by atoms with Crippen LogP contribution in [0.15, 0.2) is 12.2 Å². The smallest absolute Gasteiger partial charge is 0.307 e. The predicted molar refractivity (Wildman–Crippen MR) is 71.5 cm³/mol. The highest BCUT2D eigenvalue weighted by atomic mass is 32.2. The topological polar surface area (TPSA) is 57.6 Å². The highest BCUT2D eigenvalue weighted by molar-refractivity contribution is 7.99. The zero-order chi connectivity index (χ0) is 13.1. The van der Waals surface area contributed by atoms with Gasteiger partial charge in [0.1, 0.15) is 0 Å². The first kappa shape index (κ1) is 13.5. The van der Waals surface area contributed by atoms with Crippen LogP contribution < -0.4 is 0 Å². The molecule has 1 aliphatic heterocycles. The van der Waals surface area contributed by atoms with E-state index in [0.717, 1.165) is 17.9 Å². The number of aliphatic carboxylic acids is 1. The number of carbonyl (C=O) groups is 2. The van der Waals surface area contributed by atoms with Crippen LogP contribution in [0, 0.1) is 11.8 Å². The average Bonchev–Trinajstić information content (AvgIpc) is 2.90. The number of carboxylic acids is 1. The molecule has 1 fully saturated rings. The van der Waals surface area contributed by atoms with Gasteiger partial charge in [-0.05, 0) is 25.0 Å². The van der Waals surface area contributed by atoms with Crippen molar-refractivity contribution in [2.45, 2.75) is 25.3 Å². The van der Waals surface area contributed by atoms with Crippen molar-refractivity contribution in [2.24, 2.45) is 11.8 Å². The van der Waals surface area contributed by atoms with E-state index in [1.54, 1.807) is 4.90 Å². The molecule has 0 spiro atoms. The molecular formula is C13H19NO3S. The molecule has 1 N–H and O–H groups in total. The Kier molecular flexibility index (Phi) is 4.32. The Hall–Kier alpha value is -0.970. The molecule has 4 nitrogen and oxygen atoms in total. The first-order chi connectivity index (χ1) is 8.61. The summed E-state index contributed by atoms with van der Waals surface area (Å²) in [6.45, 7) is 0. The lowest BCUT2D eigenvalue weighted by atomic mass is 9.82. The molecule has 1 aliphatic carbocycles. The van der Waals surface area contributed by atoms with Crippen molar-refractivity contribution in [1.29, 1.82) is 0 Å². The summed E-state index contributed by atoms with van der Waals surface area (Å²) < 4.78 is 0. The van der Waals surface area contributed by atoms with E-state index in [1.807, 2.05) is 31.0 Å². The van der Waals surface area contributed by atoms with Gasteiger partial charge in [0.2, 0.25) is 5.91 Å². The Balaban J connectivity index is 2.06. The molecule has 100 valence electrons. The summed E-state index contributed by atoms with van der Waals surface area (Å²) in [6.07, 6.45) is 5.85. The third-order valence-corrected chi connectivity index (χ3v) is 5.01. The quantitative estimate of drug-likeness (QED) is 0.791. The molecule has 3 unspecified atom stereocenters. The molecule has 1 saturated heterocycles. The number of allylic oxidation sites excluding steroid dienone is 2. The second-order valence-electron chi connectivity index (χ2n) is 4.96. The van der Waals surface area contributed by atoms with Crippen LogP contribution in [0.25, 0.3) is 0 Å². The zero-order valence-corrected chi connectivity index (χ0v) is 11.4. The minimum Gasteiger partial charge on any atom is -0.481 e. The van der Waals surface area contributed by atoms with Gasteiger partial charge in [-0.2, -0.15) is 11.8 Å². The van der Waals surface area contributed by atoms with Crippen molar-refractivity contribution in [1.82, 2.24) is 4.90 Å². The maximum absolute atomic E-state index is 12.4. The molecule has 18 heavy (non-hydrogen) atoms. The maximum Gasteiger partial charge on any atom is 0.307 e. The van der Waals surface area contributed by atoms with Gasteiger partial charge in [-0.1, -0.05) is 12.2 Å². The summed E-state index contributed by atoms with van der Waals surface area (Å²) in [6, 6.07) is 0.280. The highest BCUT2D eigenvalue weighted by Crippen LogP contribution is 2.30. The largest absolute Gasteiger partial charge is 0.481 e. The minimum atomic E-state index is -0.855. The molecule has 1 heterocycles. The van der Waals surface area contributed by atoms with Crippen molar-refractivity contribution in [3.05, 3.63) is 12.2 Å². The molecule has 5 heteroatoms. The molecule has 3 atom stereocenters. The summed E-state index contributed by atoms with van der Waals surface area (Å²) in [4.78, 5) is 25.4. The number of hydrogen-bond acceptors (Lipinski definition) is 3. The normalized spacial score (nSPS) is 31.3. The van der Waals surface area contributed by atoms with Crippen LogP contribution in [0.1, 0.15) is 19.3 Å². The fourth-order valence-electron chi connectivity index (χ4n) is 2.63. The second-order valence-corrected chi connectivity index (χ2v) is 6.11. The van der Waals surface area contributed by atoms with Crippen LogP contribution in [-0.4, -0.2) is 46.5 Å². The average molecular weight is 269 g/mol. The predicted octanol–water partition coefficient (Wildman–Crippen LogP) is 1.62. The SMILES string of the molecule is CN(C(=O)C1CC=CCC1C(=O)O)C1CCSC1. The van der Waals surface area contributed by atoms with Crippen LogP contribution in [0.4, 0.5) is 0 Å². The third-order valence-electron chi connectivity index (χ3n) is 3.87. The fourth-order valence-corrected chi connectivity index (χ4v) is 3.90. The Morgan fingerprint density at radius 2 is 1.94 bits per heavy atom. The Morgan fingerprint density at radius 1 is 1.28 bits per heavy atom. The molecule has 0 aromatic carbocycles. The van der Waals surface area contributed by atoms with Crippen LogP contribution in [0.2, 0.25) is 0 Å². The Morgan fingerprint density at radius 3 is 2.50 bits per heavy atom. The number of hydrogen-bond donors (Lipinski definition) is 1. The van der Waals surface area contributed by atoms with E-state index in [2.05, 4.69) is 0 Å². The summed E-state index contributed by atoms with van der Waals surface area (Å²) in [7, 11) is 1.82. The van der Waals surface area contributed by atoms with Gasteiger partial charge in [0, 0.05) is 18.8 Å². The van der Waals surface area contributed by atoms with Crippen LogP contribution in [0.5, 0.6) is 0 Å². The van der Waals surface area contributed by atoms with Gasteiger partial charge in [-0.15, -0.1) is 0 Å². The number of thioether (sulfide) groups is 1. The number of nitrogens with zero attached hydrogens (tertiary/aromatic N) is 1. The molecule has 0 bridgehead atoms. The number of carbonyl (C=O) groups excluding carboxylic acids is 1. The monoisotopic (exact) mass is 269 g/mol. The lowest BCUT2D eigenvalue weighted by molar-refractivity contribution is -0.150. The molecule has 0 aromatic rings. The van der Waals surface area contributed by atoms with Gasteiger partial charge in [0.15, 0.2) is 0 Å². The first-order valence-corrected chi connectivity index (χ1v) is 7.49.